The summed E-state index contributed by atoms with van der Waals surface area (Å²) in [6.07, 6.45) is 0. The maximum absolute atomic E-state index is 11.9. The molecule has 6 heteroatoms. The van der Waals surface area contributed by atoms with Gasteiger partial charge < -0.3 is 10.6 Å². The zero-order chi connectivity index (χ0) is 16.1. The van der Waals surface area contributed by atoms with Gasteiger partial charge in [0.1, 0.15) is 0 Å². The number of nitrogens with one attached hydrogen (secondary N) is 2. The normalized spacial score (nSPS) is 10.1. The molecule has 2 N–H and O–H groups in total. The Hall–Kier alpha value is -2.04. The molecule has 0 radical (unpaired) electrons. The fourth-order valence-electron chi connectivity index (χ4n) is 1.81. The molecule has 0 aliphatic rings. The maximum atomic E-state index is 11.9. The predicted octanol–water partition coefficient (Wildman–Crippen LogP) is 4.25. The lowest BCUT2D eigenvalue weighted by Crippen LogP contribution is -2.21. The summed E-state index contributed by atoms with van der Waals surface area (Å²) in [6.45, 7) is 1.57. The van der Waals surface area contributed by atoms with E-state index in [4.69, 9.17) is 23.2 Å². The first-order valence-corrected chi connectivity index (χ1v) is 7.31. The zero-order valence-corrected chi connectivity index (χ0v) is 13.3. The quantitative estimate of drug-likeness (QED) is 0.802. The first kappa shape index (κ1) is 16.3. The number of carbonyl (C=O) groups excluding carboxylic acids is 2. The van der Waals surface area contributed by atoms with Gasteiger partial charge in [-0.3, -0.25) is 9.59 Å². The minimum absolute atomic E-state index is 0.0242. The molecule has 2 aromatic rings. The van der Waals surface area contributed by atoms with Crippen LogP contribution in [0, 0.1) is 0 Å². The average Bonchev–Trinajstić information content (AvgIpc) is 2.49. The van der Waals surface area contributed by atoms with Crippen molar-refractivity contribution in [1.29, 1.82) is 0 Å². The monoisotopic (exact) mass is 336 g/mol. The van der Waals surface area contributed by atoms with E-state index in [-0.39, 0.29) is 18.2 Å². The number of halogens is 2. The van der Waals surface area contributed by atoms with Crippen molar-refractivity contribution in [2.45, 2.75) is 6.92 Å². The van der Waals surface area contributed by atoms with Crippen molar-refractivity contribution in [1.82, 2.24) is 0 Å². The van der Waals surface area contributed by atoms with Gasteiger partial charge in [-0.1, -0.05) is 35.3 Å². The minimum Gasteiger partial charge on any atom is -0.376 e. The first-order chi connectivity index (χ1) is 10.5. The van der Waals surface area contributed by atoms with Gasteiger partial charge in [0.05, 0.1) is 16.6 Å². The Morgan fingerprint density at radius 1 is 1.00 bits per heavy atom. The van der Waals surface area contributed by atoms with Crippen LogP contribution in [0.25, 0.3) is 0 Å². The number of Topliss-reactive ketones (excluding diaryl/α,β-unsaturated/α-hetero) is 1. The third-order valence-corrected chi connectivity index (χ3v) is 3.66. The lowest BCUT2D eigenvalue weighted by molar-refractivity contribution is -0.114. The summed E-state index contributed by atoms with van der Waals surface area (Å²) in [7, 11) is 0. The van der Waals surface area contributed by atoms with Crippen LogP contribution in [0.1, 0.15) is 17.3 Å². The van der Waals surface area contributed by atoms with E-state index in [2.05, 4.69) is 10.6 Å². The van der Waals surface area contributed by atoms with E-state index in [9.17, 15) is 9.59 Å². The lowest BCUT2D eigenvalue weighted by atomic mass is 10.1. The Morgan fingerprint density at radius 3 is 2.45 bits per heavy atom. The van der Waals surface area contributed by atoms with Crippen molar-refractivity contribution in [3.63, 3.8) is 0 Å². The smallest absolute Gasteiger partial charge is 0.243 e. The number of benzene rings is 2. The summed E-state index contributed by atoms with van der Waals surface area (Å²) < 4.78 is 0. The summed E-state index contributed by atoms with van der Waals surface area (Å²) in [5.41, 5.74) is 1.87. The van der Waals surface area contributed by atoms with Crippen LogP contribution in [0.2, 0.25) is 10.0 Å². The number of amides is 1. The molecule has 114 valence electrons. The summed E-state index contributed by atoms with van der Waals surface area (Å²) in [6, 6.07) is 11.8. The van der Waals surface area contributed by atoms with Crippen LogP contribution >= 0.6 is 23.2 Å². The molecule has 2 rings (SSSR count). The second kappa shape index (κ2) is 7.29. The maximum Gasteiger partial charge on any atom is 0.243 e. The minimum atomic E-state index is -0.230. The fourth-order valence-corrected chi connectivity index (χ4v) is 2.11. The Labute approximate surface area is 138 Å². The molecule has 0 heterocycles. The third kappa shape index (κ3) is 4.48. The molecule has 0 saturated carbocycles. The van der Waals surface area contributed by atoms with Crippen molar-refractivity contribution < 1.29 is 9.59 Å². The highest BCUT2D eigenvalue weighted by Gasteiger charge is 2.05. The number of rotatable bonds is 5. The van der Waals surface area contributed by atoms with E-state index in [0.717, 1.165) is 0 Å². The molecule has 0 unspecified atom stereocenters. The highest BCUT2D eigenvalue weighted by atomic mass is 35.5. The van der Waals surface area contributed by atoms with Crippen molar-refractivity contribution >= 4 is 46.3 Å². The van der Waals surface area contributed by atoms with Crippen LogP contribution in [-0.2, 0) is 4.79 Å². The molecular weight excluding hydrogens is 323 g/mol. The Bertz CT molecular complexity index is 717. The van der Waals surface area contributed by atoms with Crippen LogP contribution in [0.5, 0.6) is 0 Å². The molecule has 0 aliphatic heterocycles. The first-order valence-electron chi connectivity index (χ1n) is 6.55. The molecule has 0 atom stereocenters. The van der Waals surface area contributed by atoms with Gasteiger partial charge in [-0.15, -0.1) is 0 Å². The number of ketones is 1. The third-order valence-electron chi connectivity index (χ3n) is 2.93. The van der Waals surface area contributed by atoms with E-state index in [0.29, 0.717) is 27.0 Å². The van der Waals surface area contributed by atoms with Crippen LogP contribution in [0.15, 0.2) is 42.5 Å². The summed E-state index contributed by atoms with van der Waals surface area (Å²) in [4.78, 5) is 23.2. The van der Waals surface area contributed by atoms with Crippen LogP contribution < -0.4 is 10.6 Å². The summed E-state index contributed by atoms with van der Waals surface area (Å²) in [5, 5.41) is 6.47. The summed E-state index contributed by atoms with van der Waals surface area (Å²) >= 11 is 11.7. The van der Waals surface area contributed by atoms with Gasteiger partial charge in [0.25, 0.3) is 0 Å². The Morgan fingerprint density at radius 2 is 1.77 bits per heavy atom. The van der Waals surface area contributed by atoms with Gasteiger partial charge in [-0.2, -0.15) is 0 Å². The van der Waals surface area contributed by atoms with E-state index >= 15 is 0 Å². The van der Waals surface area contributed by atoms with E-state index < -0.39 is 0 Å². The molecule has 4 nitrogen and oxygen atoms in total. The van der Waals surface area contributed by atoms with Crippen molar-refractivity contribution in [3.05, 3.63) is 58.1 Å². The SMILES string of the molecule is CC(=O)c1cccc(NCC(=O)Nc2ccc(Cl)c(Cl)c2)c1. The highest BCUT2D eigenvalue weighted by Crippen LogP contribution is 2.24. The van der Waals surface area contributed by atoms with Gasteiger partial charge in [-0.25, -0.2) is 0 Å². The van der Waals surface area contributed by atoms with Crippen molar-refractivity contribution in [2.75, 3.05) is 17.2 Å². The number of hydrogen-bond donors (Lipinski definition) is 2. The predicted molar refractivity (Wildman–Crippen MR) is 90.0 cm³/mol. The van der Waals surface area contributed by atoms with E-state index in [1.807, 2.05) is 0 Å². The van der Waals surface area contributed by atoms with Crippen molar-refractivity contribution in [2.24, 2.45) is 0 Å². The highest BCUT2D eigenvalue weighted by molar-refractivity contribution is 6.42. The number of hydrogen-bond acceptors (Lipinski definition) is 3. The molecule has 0 saturated heterocycles. The second-order valence-electron chi connectivity index (χ2n) is 4.67. The molecule has 0 fully saturated rings. The van der Waals surface area contributed by atoms with Gasteiger partial charge in [0, 0.05) is 16.9 Å². The molecule has 1 amide bonds. The Kier molecular flexibility index (Phi) is 5.41. The van der Waals surface area contributed by atoms with Crippen LogP contribution in [0.4, 0.5) is 11.4 Å². The van der Waals surface area contributed by atoms with Crippen LogP contribution in [0.3, 0.4) is 0 Å². The fraction of sp³-hybridized carbons (Fsp3) is 0.125. The van der Waals surface area contributed by atoms with Gasteiger partial charge in [-0.05, 0) is 37.3 Å². The van der Waals surface area contributed by atoms with Gasteiger partial charge in [0.2, 0.25) is 5.91 Å². The molecule has 0 aliphatic carbocycles. The largest absolute Gasteiger partial charge is 0.376 e. The standard InChI is InChI=1S/C16H14Cl2N2O2/c1-10(21)11-3-2-4-12(7-11)19-9-16(22)20-13-5-6-14(17)15(18)8-13/h2-8,19H,9H2,1H3,(H,20,22). The summed E-state index contributed by atoms with van der Waals surface area (Å²) in [5.74, 6) is -0.254. The van der Waals surface area contributed by atoms with E-state index in [1.54, 1.807) is 42.5 Å². The molecule has 2 aromatic carbocycles. The second-order valence-corrected chi connectivity index (χ2v) is 5.48. The molecule has 0 aromatic heterocycles. The van der Waals surface area contributed by atoms with Crippen LogP contribution in [-0.4, -0.2) is 18.2 Å². The van der Waals surface area contributed by atoms with Crippen molar-refractivity contribution in [3.8, 4) is 0 Å². The molecule has 22 heavy (non-hydrogen) atoms. The zero-order valence-electron chi connectivity index (χ0n) is 11.8. The number of carbonyl (C=O) groups is 2. The lowest BCUT2D eigenvalue weighted by Gasteiger charge is -2.09. The van der Waals surface area contributed by atoms with Gasteiger partial charge >= 0.3 is 0 Å². The molecule has 0 spiro atoms. The molecular formula is C16H14Cl2N2O2. The molecule has 0 bridgehead atoms. The Balaban J connectivity index is 1.94. The average molecular weight is 337 g/mol. The van der Waals surface area contributed by atoms with E-state index in [1.165, 1.54) is 6.92 Å². The van der Waals surface area contributed by atoms with Gasteiger partial charge in [0.15, 0.2) is 5.78 Å². The topological polar surface area (TPSA) is 58.2 Å². The number of anilines is 2.